The van der Waals surface area contributed by atoms with E-state index < -0.39 is 0 Å². The average Bonchev–Trinajstić information content (AvgIpc) is 2.97. The predicted octanol–water partition coefficient (Wildman–Crippen LogP) is 3.31. The summed E-state index contributed by atoms with van der Waals surface area (Å²) in [5, 5.41) is 7.82. The zero-order valence-electron chi connectivity index (χ0n) is 17.2. The van der Waals surface area contributed by atoms with E-state index in [1.807, 2.05) is 25.1 Å². The maximum atomic E-state index is 11.9. The van der Waals surface area contributed by atoms with Crippen molar-refractivity contribution in [3.05, 3.63) is 51.5 Å². The van der Waals surface area contributed by atoms with E-state index in [1.165, 1.54) is 4.88 Å². The molecule has 1 aromatic carbocycles. The zero-order chi connectivity index (χ0) is 19.8. The molecule has 0 bridgehead atoms. The van der Waals surface area contributed by atoms with Crippen LogP contribution in [0.15, 0.2) is 35.3 Å². The minimum absolute atomic E-state index is 0. The van der Waals surface area contributed by atoms with Crippen LogP contribution in [0.25, 0.3) is 0 Å². The molecule has 1 amide bonds. The monoisotopic (exact) mass is 515 g/mol. The molecule has 6 nitrogen and oxygen atoms in total. The van der Waals surface area contributed by atoms with Gasteiger partial charge in [0.15, 0.2) is 5.96 Å². The molecule has 0 spiro atoms. The first-order valence-corrected chi connectivity index (χ1v) is 9.91. The van der Waals surface area contributed by atoms with Crippen LogP contribution in [0, 0.1) is 13.8 Å². The van der Waals surface area contributed by atoms with E-state index in [9.17, 15) is 4.79 Å². The fraction of sp³-hybridized carbons (Fsp3) is 0.450. The molecular formula is C20H30IN5OS. The standard InChI is InChI=1S/C20H29N5OS.HI/c1-14-16(3)27-18(23-14)11-12-21-20(22-13-19(26)25(4)5)24-15(2)17-9-7-6-8-10-17;/h6-10,15H,11-13H2,1-5H3,(H2,21,22,24);1H. The van der Waals surface area contributed by atoms with Crippen molar-refractivity contribution in [2.24, 2.45) is 4.99 Å². The first kappa shape index (κ1) is 24.4. The molecule has 0 aliphatic heterocycles. The number of hydrogen-bond acceptors (Lipinski definition) is 4. The lowest BCUT2D eigenvalue weighted by Crippen LogP contribution is -2.40. The summed E-state index contributed by atoms with van der Waals surface area (Å²) in [5.74, 6) is 0.598. The number of rotatable bonds is 7. The van der Waals surface area contributed by atoms with Crippen LogP contribution in [0.2, 0.25) is 0 Å². The molecule has 1 aromatic heterocycles. The Balaban J connectivity index is 0.00000392. The van der Waals surface area contributed by atoms with Crippen LogP contribution in [-0.2, 0) is 11.2 Å². The minimum Gasteiger partial charge on any atom is -0.356 e. The number of carbonyl (C=O) groups is 1. The third-order valence-electron chi connectivity index (χ3n) is 4.23. The summed E-state index contributed by atoms with van der Waals surface area (Å²) in [4.78, 5) is 23.7. The van der Waals surface area contributed by atoms with Crippen molar-refractivity contribution in [2.45, 2.75) is 33.2 Å². The third kappa shape index (κ3) is 7.75. The molecule has 1 unspecified atom stereocenters. The number of thiazole rings is 1. The van der Waals surface area contributed by atoms with Crippen LogP contribution in [-0.4, -0.2) is 48.9 Å². The second kappa shape index (κ2) is 12.0. The first-order chi connectivity index (χ1) is 12.9. The van der Waals surface area contributed by atoms with Gasteiger partial charge in [-0.25, -0.2) is 9.98 Å². The van der Waals surface area contributed by atoms with Crippen LogP contribution in [0.4, 0.5) is 0 Å². The van der Waals surface area contributed by atoms with Crippen LogP contribution < -0.4 is 10.6 Å². The molecule has 154 valence electrons. The SMILES string of the molecule is Cc1nc(CCNC(=NCC(=O)N(C)C)NC(C)c2ccccc2)sc1C.I. The van der Waals surface area contributed by atoms with Gasteiger partial charge in [-0.3, -0.25) is 4.79 Å². The number of nitrogens with one attached hydrogen (secondary N) is 2. The molecule has 0 radical (unpaired) electrons. The maximum absolute atomic E-state index is 11.9. The number of nitrogens with zero attached hydrogens (tertiary/aromatic N) is 3. The van der Waals surface area contributed by atoms with Gasteiger partial charge in [0.1, 0.15) is 6.54 Å². The lowest BCUT2D eigenvalue weighted by atomic mass is 10.1. The second-order valence-electron chi connectivity index (χ2n) is 6.66. The van der Waals surface area contributed by atoms with Crippen molar-refractivity contribution in [1.82, 2.24) is 20.5 Å². The van der Waals surface area contributed by atoms with Gasteiger partial charge >= 0.3 is 0 Å². The quantitative estimate of drug-likeness (QED) is 0.338. The van der Waals surface area contributed by atoms with E-state index in [4.69, 9.17) is 0 Å². The summed E-state index contributed by atoms with van der Waals surface area (Å²) in [6.45, 7) is 7.02. The highest BCUT2D eigenvalue weighted by Gasteiger charge is 2.10. The Kier molecular flexibility index (Phi) is 10.4. The summed E-state index contributed by atoms with van der Waals surface area (Å²) >= 11 is 1.73. The molecule has 0 saturated carbocycles. The Labute approximate surface area is 188 Å². The molecule has 8 heteroatoms. The van der Waals surface area contributed by atoms with E-state index in [-0.39, 0.29) is 42.5 Å². The van der Waals surface area contributed by atoms with Crippen LogP contribution in [0.1, 0.15) is 34.1 Å². The smallest absolute Gasteiger partial charge is 0.243 e. The molecule has 2 aromatic rings. The van der Waals surface area contributed by atoms with Gasteiger partial charge in [-0.2, -0.15) is 0 Å². The molecule has 0 saturated heterocycles. The number of benzene rings is 1. The highest BCUT2D eigenvalue weighted by molar-refractivity contribution is 14.0. The van der Waals surface area contributed by atoms with Crippen molar-refractivity contribution in [2.75, 3.05) is 27.2 Å². The largest absolute Gasteiger partial charge is 0.356 e. The highest BCUT2D eigenvalue weighted by Crippen LogP contribution is 2.16. The normalized spacial score (nSPS) is 12.1. The third-order valence-corrected chi connectivity index (χ3v) is 5.36. The summed E-state index contributed by atoms with van der Waals surface area (Å²) in [5.41, 5.74) is 2.26. The number of aromatic nitrogens is 1. The molecular weight excluding hydrogens is 485 g/mol. The number of carbonyl (C=O) groups excluding carboxylic acids is 1. The number of guanidine groups is 1. The zero-order valence-corrected chi connectivity index (χ0v) is 20.3. The van der Waals surface area contributed by atoms with Crippen molar-refractivity contribution in [1.29, 1.82) is 0 Å². The Hall–Kier alpha value is -1.68. The second-order valence-corrected chi connectivity index (χ2v) is 7.94. The average molecular weight is 515 g/mol. The van der Waals surface area contributed by atoms with E-state index >= 15 is 0 Å². The van der Waals surface area contributed by atoms with Crippen molar-refractivity contribution >= 4 is 47.2 Å². The fourth-order valence-electron chi connectivity index (χ4n) is 2.40. The van der Waals surface area contributed by atoms with Crippen molar-refractivity contribution < 1.29 is 4.79 Å². The van der Waals surface area contributed by atoms with E-state index in [0.717, 1.165) is 22.7 Å². The Morgan fingerprint density at radius 1 is 1.25 bits per heavy atom. The lowest BCUT2D eigenvalue weighted by Gasteiger charge is -2.19. The summed E-state index contributed by atoms with van der Waals surface area (Å²) < 4.78 is 0. The highest BCUT2D eigenvalue weighted by atomic mass is 127. The molecule has 1 atom stereocenters. The number of aryl methyl sites for hydroxylation is 2. The first-order valence-electron chi connectivity index (χ1n) is 9.09. The molecule has 28 heavy (non-hydrogen) atoms. The summed E-state index contributed by atoms with van der Waals surface area (Å²) in [6.07, 6.45) is 0.821. The van der Waals surface area contributed by atoms with Gasteiger partial charge in [-0.05, 0) is 26.3 Å². The lowest BCUT2D eigenvalue weighted by molar-refractivity contribution is -0.127. The van der Waals surface area contributed by atoms with Gasteiger partial charge in [0.2, 0.25) is 5.91 Å². The maximum Gasteiger partial charge on any atom is 0.243 e. The molecule has 0 aliphatic rings. The number of likely N-dealkylation sites (N-methyl/N-ethyl adjacent to an activating group) is 1. The fourth-order valence-corrected chi connectivity index (χ4v) is 3.34. The Morgan fingerprint density at radius 3 is 2.50 bits per heavy atom. The van der Waals surface area contributed by atoms with E-state index in [1.54, 1.807) is 30.3 Å². The van der Waals surface area contributed by atoms with E-state index in [0.29, 0.717) is 12.5 Å². The number of aliphatic imine (C=N–C) groups is 1. The van der Waals surface area contributed by atoms with Crippen LogP contribution in [0.5, 0.6) is 0 Å². The minimum atomic E-state index is -0.0327. The van der Waals surface area contributed by atoms with E-state index in [2.05, 4.69) is 46.6 Å². The Bertz CT molecular complexity index is 757. The number of halogens is 1. The van der Waals surface area contributed by atoms with Gasteiger partial charge in [-0.15, -0.1) is 35.3 Å². The molecule has 0 aliphatic carbocycles. The summed E-state index contributed by atoms with van der Waals surface area (Å²) in [6, 6.07) is 10.2. The topological polar surface area (TPSA) is 69.6 Å². The molecule has 2 N–H and O–H groups in total. The number of hydrogen-bond donors (Lipinski definition) is 2. The van der Waals surface area contributed by atoms with Crippen LogP contribution in [0.3, 0.4) is 0 Å². The van der Waals surface area contributed by atoms with Gasteiger partial charge in [0.05, 0.1) is 16.7 Å². The molecule has 1 heterocycles. The van der Waals surface area contributed by atoms with Crippen molar-refractivity contribution in [3.8, 4) is 0 Å². The Morgan fingerprint density at radius 2 is 1.93 bits per heavy atom. The predicted molar refractivity (Wildman–Crippen MR) is 128 cm³/mol. The van der Waals surface area contributed by atoms with Gasteiger partial charge in [-0.1, -0.05) is 30.3 Å². The van der Waals surface area contributed by atoms with Gasteiger partial charge in [0.25, 0.3) is 0 Å². The van der Waals surface area contributed by atoms with Crippen molar-refractivity contribution in [3.63, 3.8) is 0 Å². The van der Waals surface area contributed by atoms with Crippen LogP contribution >= 0.6 is 35.3 Å². The molecule has 0 fully saturated rings. The molecule has 2 rings (SSSR count). The number of amides is 1. The van der Waals surface area contributed by atoms with Gasteiger partial charge < -0.3 is 15.5 Å². The summed E-state index contributed by atoms with van der Waals surface area (Å²) in [7, 11) is 3.47. The van der Waals surface area contributed by atoms with Gasteiger partial charge in [0, 0.05) is 31.9 Å².